The van der Waals surface area contributed by atoms with Crippen molar-refractivity contribution in [3.05, 3.63) is 83.1 Å². The highest BCUT2D eigenvalue weighted by Crippen LogP contribution is 2.35. The van der Waals surface area contributed by atoms with Gasteiger partial charge in [-0.1, -0.05) is 26.5 Å². The molecule has 3 rings (SSSR count). The molecule has 0 spiro atoms. The Hall–Kier alpha value is -2.44. The molecule has 34 heavy (non-hydrogen) atoms. The SMILES string of the molecule is CC(C)(SCc1ccccn1)[C@H](C(N)=O)N(O)S(=O)(=O)c1ccc(Oc2ccc(Br)cc2)cc1. The molecular formula is C23H24BrN3O5S2. The Bertz CT molecular complexity index is 1220. The van der Waals surface area contributed by atoms with Crippen molar-refractivity contribution in [2.24, 2.45) is 5.73 Å². The van der Waals surface area contributed by atoms with Crippen molar-refractivity contribution >= 4 is 43.6 Å². The van der Waals surface area contributed by atoms with E-state index in [0.717, 1.165) is 10.2 Å². The van der Waals surface area contributed by atoms with E-state index in [1.165, 1.54) is 36.0 Å². The number of rotatable bonds is 10. The van der Waals surface area contributed by atoms with E-state index < -0.39 is 26.7 Å². The maximum absolute atomic E-state index is 13.1. The molecule has 3 N–H and O–H groups in total. The zero-order valence-corrected chi connectivity index (χ0v) is 21.7. The van der Waals surface area contributed by atoms with Crippen LogP contribution < -0.4 is 10.5 Å². The lowest BCUT2D eigenvalue weighted by atomic mass is 10.0. The van der Waals surface area contributed by atoms with Gasteiger partial charge in [-0.2, -0.15) is 0 Å². The molecule has 11 heteroatoms. The van der Waals surface area contributed by atoms with Gasteiger partial charge in [0.05, 0.1) is 10.6 Å². The fourth-order valence-corrected chi connectivity index (χ4v) is 5.84. The van der Waals surface area contributed by atoms with E-state index in [1.54, 1.807) is 38.2 Å². The first-order valence-electron chi connectivity index (χ1n) is 10.1. The van der Waals surface area contributed by atoms with Crippen LogP contribution in [0.2, 0.25) is 0 Å². The first-order chi connectivity index (χ1) is 16.0. The number of pyridine rings is 1. The number of hydrogen-bond acceptors (Lipinski definition) is 7. The number of carbonyl (C=O) groups excluding carboxylic acids is 1. The topological polar surface area (TPSA) is 123 Å². The summed E-state index contributed by atoms with van der Waals surface area (Å²) in [6.45, 7) is 3.29. The van der Waals surface area contributed by atoms with Gasteiger partial charge in [-0.15, -0.1) is 11.8 Å². The number of hydrogen-bond donors (Lipinski definition) is 2. The first-order valence-corrected chi connectivity index (χ1v) is 13.3. The van der Waals surface area contributed by atoms with Gasteiger partial charge in [-0.25, -0.2) is 8.42 Å². The molecule has 0 unspecified atom stereocenters. The van der Waals surface area contributed by atoms with Crippen LogP contribution in [0.4, 0.5) is 0 Å². The zero-order chi connectivity index (χ0) is 24.9. The Morgan fingerprint density at radius 1 is 1.12 bits per heavy atom. The van der Waals surface area contributed by atoms with E-state index >= 15 is 0 Å². The number of halogens is 1. The Morgan fingerprint density at radius 3 is 2.24 bits per heavy atom. The van der Waals surface area contributed by atoms with E-state index in [9.17, 15) is 18.4 Å². The zero-order valence-electron chi connectivity index (χ0n) is 18.5. The third kappa shape index (κ3) is 6.36. The maximum atomic E-state index is 13.1. The average Bonchev–Trinajstić information content (AvgIpc) is 2.80. The fraction of sp³-hybridized carbons (Fsp3) is 0.217. The average molecular weight is 566 g/mol. The summed E-state index contributed by atoms with van der Waals surface area (Å²) in [5.41, 5.74) is 6.28. The number of hydroxylamine groups is 1. The van der Waals surface area contributed by atoms with E-state index in [2.05, 4.69) is 20.9 Å². The summed E-state index contributed by atoms with van der Waals surface area (Å²) < 4.78 is 31.8. The fourth-order valence-electron chi connectivity index (χ4n) is 3.10. The maximum Gasteiger partial charge on any atom is 0.265 e. The number of aromatic nitrogens is 1. The summed E-state index contributed by atoms with van der Waals surface area (Å²) >= 11 is 4.60. The van der Waals surface area contributed by atoms with E-state index in [0.29, 0.717) is 17.3 Å². The number of thioether (sulfide) groups is 1. The van der Waals surface area contributed by atoms with Gasteiger partial charge in [-0.3, -0.25) is 15.0 Å². The minimum atomic E-state index is -4.45. The summed E-state index contributed by atoms with van der Waals surface area (Å²) in [5.74, 6) is 0.402. The third-order valence-corrected chi connectivity index (χ3v) is 8.39. The van der Waals surface area contributed by atoms with Crippen LogP contribution in [0.3, 0.4) is 0 Å². The van der Waals surface area contributed by atoms with Gasteiger partial charge in [-0.05, 0) is 74.5 Å². The summed E-state index contributed by atoms with van der Waals surface area (Å²) in [6, 6.07) is 16.5. The van der Waals surface area contributed by atoms with Crippen molar-refractivity contribution in [1.82, 2.24) is 9.45 Å². The highest BCUT2D eigenvalue weighted by Gasteiger charge is 2.44. The van der Waals surface area contributed by atoms with Crippen molar-refractivity contribution in [2.75, 3.05) is 0 Å². The number of amides is 1. The minimum absolute atomic E-state index is 0.0470. The van der Waals surface area contributed by atoms with Crippen LogP contribution in [0.1, 0.15) is 19.5 Å². The number of nitrogens with two attached hydrogens (primary N) is 1. The number of nitrogens with zero attached hydrogens (tertiary/aromatic N) is 2. The highest BCUT2D eigenvalue weighted by molar-refractivity contribution is 9.10. The first kappa shape index (κ1) is 26.2. The van der Waals surface area contributed by atoms with Crippen LogP contribution in [0.25, 0.3) is 0 Å². The Morgan fingerprint density at radius 2 is 1.71 bits per heavy atom. The van der Waals surface area contributed by atoms with Crippen LogP contribution in [0.5, 0.6) is 11.5 Å². The monoisotopic (exact) mass is 565 g/mol. The van der Waals surface area contributed by atoms with E-state index in [-0.39, 0.29) is 9.36 Å². The minimum Gasteiger partial charge on any atom is -0.457 e. The van der Waals surface area contributed by atoms with Gasteiger partial charge in [0.1, 0.15) is 17.5 Å². The molecule has 0 fully saturated rings. The van der Waals surface area contributed by atoms with Crippen molar-refractivity contribution in [1.29, 1.82) is 0 Å². The third-order valence-electron chi connectivity index (χ3n) is 4.88. The van der Waals surface area contributed by atoms with Crippen LogP contribution >= 0.6 is 27.7 Å². The summed E-state index contributed by atoms with van der Waals surface area (Å²) in [7, 11) is -4.45. The molecule has 0 aliphatic carbocycles. The van der Waals surface area contributed by atoms with Gasteiger partial charge in [0.25, 0.3) is 10.0 Å². The molecule has 0 aliphatic rings. The number of sulfonamides is 1. The molecule has 0 saturated heterocycles. The molecule has 1 amide bonds. The lowest BCUT2D eigenvalue weighted by molar-refractivity contribution is -0.132. The van der Waals surface area contributed by atoms with Gasteiger partial charge in [0.2, 0.25) is 5.91 Å². The highest BCUT2D eigenvalue weighted by atomic mass is 79.9. The molecule has 0 bridgehead atoms. The summed E-state index contributed by atoms with van der Waals surface area (Å²) in [6.07, 6.45) is 1.64. The van der Waals surface area contributed by atoms with Crippen LogP contribution in [0, 0.1) is 0 Å². The van der Waals surface area contributed by atoms with E-state index in [1.807, 2.05) is 24.3 Å². The number of ether oxygens (including phenoxy) is 1. The van der Waals surface area contributed by atoms with Gasteiger partial charge in [0.15, 0.2) is 0 Å². The molecule has 1 atom stereocenters. The van der Waals surface area contributed by atoms with Crippen molar-refractivity contribution in [3.63, 3.8) is 0 Å². The Kier molecular flexibility index (Phi) is 8.37. The largest absolute Gasteiger partial charge is 0.457 e. The molecule has 3 aromatic rings. The predicted octanol–water partition coefficient (Wildman–Crippen LogP) is 4.58. The van der Waals surface area contributed by atoms with Gasteiger partial charge in [0, 0.05) is 21.2 Å². The Balaban J connectivity index is 1.78. The van der Waals surface area contributed by atoms with Crippen LogP contribution in [-0.4, -0.2) is 39.8 Å². The molecule has 2 aromatic carbocycles. The predicted molar refractivity (Wildman–Crippen MR) is 134 cm³/mol. The van der Waals surface area contributed by atoms with Crippen molar-refractivity contribution in [3.8, 4) is 11.5 Å². The van der Waals surface area contributed by atoms with Crippen LogP contribution in [0.15, 0.2) is 82.3 Å². The molecule has 1 aromatic heterocycles. The molecule has 1 heterocycles. The normalized spacial score (nSPS) is 13.0. The number of primary amides is 1. The molecule has 0 aliphatic heterocycles. The summed E-state index contributed by atoms with van der Waals surface area (Å²) in [4.78, 5) is 16.3. The standard InChI is InChI=1S/C23H24BrN3O5S2/c1-23(2,33-15-17-5-3-4-14-26-17)21(22(25)28)27(29)34(30,31)20-12-10-19(11-13-20)32-18-8-6-16(24)7-9-18/h3-14,21,29H,15H2,1-2H3,(H2,25,28)/t21-/m0/s1. The smallest absolute Gasteiger partial charge is 0.265 e. The lowest BCUT2D eigenvalue weighted by Crippen LogP contribution is -2.55. The molecule has 180 valence electrons. The molecule has 0 radical (unpaired) electrons. The molecule has 8 nitrogen and oxygen atoms in total. The number of benzene rings is 2. The second kappa shape index (κ2) is 10.9. The van der Waals surface area contributed by atoms with Crippen molar-refractivity contribution in [2.45, 2.75) is 35.3 Å². The van der Waals surface area contributed by atoms with Crippen LogP contribution in [-0.2, 0) is 20.6 Å². The molecule has 0 saturated carbocycles. The van der Waals surface area contributed by atoms with E-state index in [4.69, 9.17) is 10.5 Å². The van der Waals surface area contributed by atoms with Gasteiger partial charge >= 0.3 is 0 Å². The van der Waals surface area contributed by atoms with Crippen molar-refractivity contribution < 1.29 is 23.2 Å². The quantitative estimate of drug-likeness (QED) is 0.345. The Labute approximate surface area is 211 Å². The lowest BCUT2D eigenvalue weighted by Gasteiger charge is -2.35. The summed E-state index contributed by atoms with van der Waals surface area (Å²) in [5, 5.41) is 10.7. The number of carbonyl (C=O) groups is 1. The second-order valence-electron chi connectivity index (χ2n) is 7.82. The second-order valence-corrected chi connectivity index (χ2v) is 12.2. The van der Waals surface area contributed by atoms with Gasteiger partial charge < -0.3 is 10.5 Å². The molecular weight excluding hydrogens is 542 g/mol.